The summed E-state index contributed by atoms with van der Waals surface area (Å²) in [6.45, 7) is 8.78. The van der Waals surface area contributed by atoms with E-state index in [4.69, 9.17) is 0 Å². The summed E-state index contributed by atoms with van der Waals surface area (Å²) in [5, 5.41) is 0. The molecule has 0 bridgehead atoms. The highest BCUT2D eigenvalue weighted by molar-refractivity contribution is 5.23. The van der Waals surface area contributed by atoms with Gasteiger partial charge in [-0.1, -0.05) is 89.5 Å². The molecule has 0 amide bonds. The van der Waals surface area contributed by atoms with Crippen LogP contribution in [-0.4, -0.2) is 0 Å². The van der Waals surface area contributed by atoms with Crippen molar-refractivity contribution in [2.45, 2.75) is 79.1 Å². The molecular weight excluding hydrogens is 216 g/mol. The zero-order valence-corrected chi connectivity index (χ0v) is 13.0. The molecule has 0 aliphatic heterocycles. The van der Waals surface area contributed by atoms with Crippen molar-refractivity contribution in [1.82, 2.24) is 0 Å². The quantitative estimate of drug-likeness (QED) is 0.486. The zero-order chi connectivity index (χ0) is 13.6. The minimum atomic E-state index is 1.37. The summed E-state index contributed by atoms with van der Waals surface area (Å²) in [6, 6.07) is 8.36. The fourth-order valence-corrected chi connectivity index (χ4v) is 1.87. The van der Waals surface area contributed by atoms with Gasteiger partial charge in [0.1, 0.15) is 0 Å². The van der Waals surface area contributed by atoms with Crippen LogP contribution in [0.5, 0.6) is 0 Å². The molecule has 0 spiro atoms. The molecule has 0 radical (unpaired) electrons. The van der Waals surface area contributed by atoms with E-state index < -0.39 is 0 Å². The SMILES string of the molecule is CCCCCCCCCC.Cc1ccccc1C. The number of benzene rings is 1. The van der Waals surface area contributed by atoms with E-state index in [1.54, 1.807) is 0 Å². The Morgan fingerprint density at radius 2 is 0.944 bits per heavy atom. The van der Waals surface area contributed by atoms with Crippen LogP contribution in [0.25, 0.3) is 0 Å². The Balaban J connectivity index is 0.000000327. The van der Waals surface area contributed by atoms with Gasteiger partial charge in [-0.05, 0) is 25.0 Å². The van der Waals surface area contributed by atoms with Crippen LogP contribution in [0.15, 0.2) is 24.3 Å². The first-order chi connectivity index (χ1) is 8.72. The lowest BCUT2D eigenvalue weighted by molar-refractivity contribution is 0.585. The van der Waals surface area contributed by atoms with Gasteiger partial charge in [-0.2, -0.15) is 0 Å². The van der Waals surface area contributed by atoms with Gasteiger partial charge in [0, 0.05) is 0 Å². The molecule has 0 saturated heterocycles. The molecule has 0 aliphatic carbocycles. The average molecular weight is 248 g/mol. The summed E-state index contributed by atoms with van der Waals surface area (Å²) in [4.78, 5) is 0. The van der Waals surface area contributed by atoms with Crippen molar-refractivity contribution in [3.63, 3.8) is 0 Å². The first-order valence-corrected chi connectivity index (χ1v) is 7.74. The third-order valence-corrected chi connectivity index (χ3v) is 3.38. The maximum Gasteiger partial charge on any atom is -0.0395 e. The molecule has 104 valence electrons. The van der Waals surface area contributed by atoms with Crippen molar-refractivity contribution in [2.24, 2.45) is 0 Å². The number of unbranched alkanes of at least 4 members (excludes halogenated alkanes) is 7. The van der Waals surface area contributed by atoms with Gasteiger partial charge in [-0.25, -0.2) is 0 Å². The molecule has 18 heavy (non-hydrogen) atoms. The fourth-order valence-electron chi connectivity index (χ4n) is 1.87. The Morgan fingerprint density at radius 3 is 1.22 bits per heavy atom. The van der Waals surface area contributed by atoms with Crippen molar-refractivity contribution in [1.29, 1.82) is 0 Å². The summed E-state index contributed by atoms with van der Waals surface area (Å²) < 4.78 is 0. The first-order valence-electron chi connectivity index (χ1n) is 7.74. The maximum atomic E-state index is 2.27. The molecule has 1 aromatic carbocycles. The smallest absolute Gasteiger partial charge is 0.0395 e. The highest BCUT2D eigenvalue weighted by Gasteiger charge is 1.87. The van der Waals surface area contributed by atoms with Crippen LogP contribution in [0, 0.1) is 13.8 Å². The van der Waals surface area contributed by atoms with E-state index in [1.807, 2.05) is 0 Å². The molecule has 0 heteroatoms. The Hall–Kier alpha value is -0.780. The summed E-state index contributed by atoms with van der Waals surface area (Å²) in [7, 11) is 0. The van der Waals surface area contributed by atoms with Crippen molar-refractivity contribution in [3.8, 4) is 0 Å². The van der Waals surface area contributed by atoms with Crippen molar-refractivity contribution in [3.05, 3.63) is 35.4 Å². The van der Waals surface area contributed by atoms with E-state index in [1.165, 1.54) is 62.5 Å². The van der Waals surface area contributed by atoms with Crippen molar-refractivity contribution in [2.75, 3.05) is 0 Å². The zero-order valence-electron chi connectivity index (χ0n) is 13.0. The second kappa shape index (κ2) is 12.7. The van der Waals surface area contributed by atoms with Gasteiger partial charge in [0.15, 0.2) is 0 Å². The monoisotopic (exact) mass is 248 g/mol. The highest BCUT2D eigenvalue weighted by atomic mass is 13.9. The van der Waals surface area contributed by atoms with E-state index in [2.05, 4.69) is 52.0 Å². The van der Waals surface area contributed by atoms with Gasteiger partial charge < -0.3 is 0 Å². The molecule has 0 aliphatic rings. The maximum absolute atomic E-state index is 2.27. The number of rotatable bonds is 7. The second-order valence-corrected chi connectivity index (χ2v) is 5.21. The van der Waals surface area contributed by atoms with E-state index in [0.717, 1.165) is 0 Å². The molecule has 1 rings (SSSR count). The highest BCUT2D eigenvalue weighted by Crippen LogP contribution is 2.07. The van der Waals surface area contributed by atoms with E-state index in [-0.39, 0.29) is 0 Å². The van der Waals surface area contributed by atoms with Gasteiger partial charge >= 0.3 is 0 Å². The second-order valence-electron chi connectivity index (χ2n) is 5.21. The van der Waals surface area contributed by atoms with Crippen LogP contribution in [0.1, 0.15) is 76.3 Å². The van der Waals surface area contributed by atoms with Crippen LogP contribution in [-0.2, 0) is 0 Å². The standard InChI is InChI=1S/C10H22.C8H10/c1-3-5-7-9-10-8-6-4-2;1-7-5-3-4-6-8(7)2/h3-10H2,1-2H3;3-6H,1-2H3. The van der Waals surface area contributed by atoms with Crippen LogP contribution < -0.4 is 0 Å². The van der Waals surface area contributed by atoms with Crippen LogP contribution >= 0.6 is 0 Å². The molecular formula is C18H32. The lowest BCUT2D eigenvalue weighted by Gasteiger charge is -1.97. The molecule has 0 aromatic heterocycles. The van der Waals surface area contributed by atoms with E-state index in [9.17, 15) is 0 Å². The Kier molecular flexibility index (Phi) is 12.1. The van der Waals surface area contributed by atoms with E-state index >= 15 is 0 Å². The molecule has 0 fully saturated rings. The number of aryl methyl sites for hydroxylation is 2. The lowest BCUT2D eigenvalue weighted by atomic mass is 10.1. The predicted molar refractivity (Wildman–Crippen MR) is 84.2 cm³/mol. The van der Waals surface area contributed by atoms with Gasteiger partial charge in [0.2, 0.25) is 0 Å². The third kappa shape index (κ3) is 10.4. The Bertz CT molecular complexity index is 246. The summed E-state index contributed by atoms with van der Waals surface area (Å²) in [6.07, 6.45) is 11.5. The minimum absolute atomic E-state index is 1.37. The molecule has 0 N–H and O–H groups in total. The normalized spacial score (nSPS) is 9.78. The Labute approximate surface area is 115 Å². The molecule has 0 saturated carbocycles. The average Bonchev–Trinajstić information content (AvgIpc) is 2.38. The van der Waals surface area contributed by atoms with Crippen LogP contribution in [0.2, 0.25) is 0 Å². The summed E-state index contributed by atoms with van der Waals surface area (Å²) >= 11 is 0. The Morgan fingerprint density at radius 1 is 0.611 bits per heavy atom. The van der Waals surface area contributed by atoms with Gasteiger partial charge in [0.05, 0.1) is 0 Å². The van der Waals surface area contributed by atoms with Crippen molar-refractivity contribution >= 4 is 0 Å². The predicted octanol–water partition coefficient (Wildman–Crippen LogP) is 6.45. The first kappa shape index (κ1) is 17.2. The van der Waals surface area contributed by atoms with Crippen LogP contribution in [0.3, 0.4) is 0 Å². The third-order valence-electron chi connectivity index (χ3n) is 3.38. The molecule has 0 heterocycles. The fraction of sp³-hybridized carbons (Fsp3) is 0.667. The van der Waals surface area contributed by atoms with E-state index in [0.29, 0.717) is 0 Å². The lowest BCUT2D eigenvalue weighted by Crippen LogP contribution is -1.77. The molecule has 0 atom stereocenters. The summed E-state index contributed by atoms with van der Waals surface area (Å²) in [5.41, 5.74) is 2.74. The summed E-state index contributed by atoms with van der Waals surface area (Å²) in [5.74, 6) is 0. The largest absolute Gasteiger partial charge is 0.0654 e. The molecule has 1 aromatic rings. The topological polar surface area (TPSA) is 0 Å². The molecule has 0 unspecified atom stereocenters. The van der Waals surface area contributed by atoms with Gasteiger partial charge in [-0.15, -0.1) is 0 Å². The van der Waals surface area contributed by atoms with Gasteiger partial charge in [0.25, 0.3) is 0 Å². The molecule has 0 nitrogen and oxygen atoms in total. The van der Waals surface area contributed by atoms with Crippen molar-refractivity contribution < 1.29 is 0 Å². The van der Waals surface area contributed by atoms with Gasteiger partial charge in [-0.3, -0.25) is 0 Å². The minimum Gasteiger partial charge on any atom is -0.0654 e. The van der Waals surface area contributed by atoms with Crippen LogP contribution in [0.4, 0.5) is 0 Å². The number of hydrogen-bond acceptors (Lipinski definition) is 0. The number of hydrogen-bond donors (Lipinski definition) is 0.